The van der Waals surface area contributed by atoms with Crippen molar-refractivity contribution in [3.05, 3.63) is 47.5 Å². The van der Waals surface area contributed by atoms with Crippen molar-refractivity contribution in [3.63, 3.8) is 0 Å². The Labute approximate surface area is 219 Å². The van der Waals surface area contributed by atoms with E-state index >= 15 is 0 Å². The lowest BCUT2D eigenvalue weighted by Crippen LogP contribution is -2.57. The number of rotatable bonds is 2. The van der Waals surface area contributed by atoms with Gasteiger partial charge < -0.3 is 25.0 Å². The first kappa shape index (κ1) is 28.0. The number of halogens is 5. The lowest BCUT2D eigenvalue weighted by molar-refractivity contribution is -0.192. The van der Waals surface area contributed by atoms with E-state index in [0.29, 0.717) is 48.8 Å². The Hall–Kier alpha value is -4.01. The summed E-state index contributed by atoms with van der Waals surface area (Å²) in [7, 11) is 0. The fraction of sp³-hybridized carbons (Fsp3) is 0.417. The van der Waals surface area contributed by atoms with Crippen LogP contribution in [-0.4, -0.2) is 69.4 Å². The summed E-state index contributed by atoms with van der Waals surface area (Å²) in [6.45, 7) is 8.35. The number of piperazine rings is 1. The fourth-order valence-corrected chi connectivity index (χ4v) is 4.58. The maximum atomic E-state index is 14.9. The molecular weight excluding hydrogens is 529 g/mol. The van der Waals surface area contributed by atoms with E-state index in [4.69, 9.17) is 9.90 Å². The molecule has 3 aromatic heterocycles. The van der Waals surface area contributed by atoms with E-state index in [0.717, 1.165) is 18.4 Å². The van der Waals surface area contributed by atoms with Gasteiger partial charge in [-0.05, 0) is 27.2 Å². The molecule has 2 aliphatic rings. The highest BCUT2D eigenvalue weighted by Gasteiger charge is 2.38. The van der Waals surface area contributed by atoms with Crippen LogP contribution >= 0.6 is 0 Å². The molecule has 5 heterocycles. The zero-order valence-corrected chi connectivity index (χ0v) is 21.2. The molecule has 210 valence electrons. The molecule has 1 fully saturated rings. The predicted molar refractivity (Wildman–Crippen MR) is 132 cm³/mol. The summed E-state index contributed by atoms with van der Waals surface area (Å²) in [5.41, 5.74) is 2.31. The highest BCUT2D eigenvalue weighted by atomic mass is 19.4. The Kier molecular flexibility index (Phi) is 7.38. The van der Waals surface area contributed by atoms with E-state index in [-0.39, 0.29) is 11.2 Å². The quantitative estimate of drug-likeness (QED) is 0.413. The topological polar surface area (TPSA) is 115 Å². The predicted octanol–water partition coefficient (Wildman–Crippen LogP) is 3.73. The molecule has 10 nitrogen and oxygen atoms in total. The summed E-state index contributed by atoms with van der Waals surface area (Å²) in [5, 5.41) is 13.2. The molecule has 0 spiro atoms. The number of nitrogens with zero attached hydrogens (tertiary/aromatic N) is 5. The third-order valence-corrected chi connectivity index (χ3v) is 6.20. The van der Waals surface area contributed by atoms with E-state index in [9.17, 15) is 26.7 Å². The maximum absolute atomic E-state index is 14.9. The van der Waals surface area contributed by atoms with Crippen molar-refractivity contribution in [2.75, 3.05) is 41.3 Å². The average Bonchev–Trinajstić information content (AvgIpc) is 3.40. The van der Waals surface area contributed by atoms with Crippen LogP contribution in [0.1, 0.15) is 25.1 Å². The van der Waals surface area contributed by atoms with Crippen molar-refractivity contribution in [1.82, 2.24) is 19.7 Å². The molecule has 3 N–H and O–H groups in total. The number of hydrogen-bond acceptors (Lipinski definition) is 6. The molecule has 0 aliphatic carbocycles. The van der Waals surface area contributed by atoms with Gasteiger partial charge in [0, 0.05) is 55.7 Å². The van der Waals surface area contributed by atoms with Crippen molar-refractivity contribution in [2.24, 2.45) is 0 Å². The monoisotopic (exact) mass is 555 g/mol. The van der Waals surface area contributed by atoms with Gasteiger partial charge in [0.2, 0.25) is 0 Å². The summed E-state index contributed by atoms with van der Waals surface area (Å²) >= 11 is 0. The number of anilines is 3. The van der Waals surface area contributed by atoms with Crippen molar-refractivity contribution < 1.29 is 36.6 Å². The molecule has 39 heavy (non-hydrogen) atoms. The van der Waals surface area contributed by atoms with Crippen LogP contribution in [0.5, 0.6) is 0 Å². The molecule has 3 aromatic rings. The molecule has 5 rings (SSSR count). The first-order valence-corrected chi connectivity index (χ1v) is 11.9. The lowest BCUT2D eigenvalue weighted by atomic mass is 10.0. The van der Waals surface area contributed by atoms with Gasteiger partial charge in [0.1, 0.15) is 11.5 Å². The van der Waals surface area contributed by atoms with Crippen LogP contribution in [0.15, 0.2) is 24.7 Å². The molecular formula is C24H26F5N7O3. The van der Waals surface area contributed by atoms with Crippen molar-refractivity contribution in [3.8, 4) is 0 Å². The number of fused-ring (bicyclic) bond motifs is 2. The normalized spacial score (nSPS) is 16.5. The number of aliphatic carboxylic acids is 1. The summed E-state index contributed by atoms with van der Waals surface area (Å²) in [6, 6.07) is 0.767. The number of urea groups is 1. The standard InChI is InChI=1S/C22H25F2N7O.C2HF3O2/c1-13-10-30-11-17(15(23)8-18(30)27-13)28-21(32)31-6-4-14-19(16(24)9-25-20(14)31)29-7-5-26-22(2,3)12-29;3-2(4,5)1(6)7/h8-11,26H,4-7,12H2,1-3H3,(H,28,32);(H,6,7). The van der Waals surface area contributed by atoms with Crippen LogP contribution in [0.4, 0.5) is 43.9 Å². The molecule has 0 bridgehead atoms. The summed E-state index contributed by atoms with van der Waals surface area (Å²) in [5.74, 6) is -3.31. The minimum Gasteiger partial charge on any atom is -0.475 e. The molecule has 0 radical (unpaired) electrons. The second-order valence-corrected chi connectivity index (χ2v) is 9.81. The SMILES string of the molecule is Cc1cn2cc(NC(=O)N3CCc4c3ncc(F)c4N3CCNC(C)(C)C3)c(F)cc2n1.O=C(O)C(F)(F)F. The van der Waals surface area contributed by atoms with Gasteiger partial charge in [0.05, 0.1) is 23.3 Å². The van der Waals surface area contributed by atoms with Gasteiger partial charge in [-0.1, -0.05) is 0 Å². The number of aryl methyl sites for hydroxylation is 1. The first-order chi connectivity index (χ1) is 18.2. The largest absolute Gasteiger partial charge is 0.490 e. The van der Waals surface area contributed by atoms with E-state index < -0.39 is 29.8 Å². The molecule has 2 aliphatic heterocycles. The molecule has 1 saturated heterocycles. The zero-order valence-electron chi connectivity index (χ0n) is 21.2. The summed E-state index contributed by atoms with van der Waals surface area (Å²) < 4.78 is 62.8. The number of amides is 2. The summed E-state index contributed by atoms with van der Waals surface area (Å²) in [4.78, 5) is 33.8. The number of carboxylic acids is 1. The molecule has 0 saturated carbocycles. The third kappa shape index (κ3) is 6.02. The Bertz CT molecular complexity index is 1420. The van der Waals surface area contributed by atoms with Crippen LogP contribution < -0.4 is 20.4 Å². The Morgan fingerprint density at radius 1 is 1.15 bits per heavy atom. The molecule has 0 atom stereocenters. The maximum Gasteiger partial charge on any atom is 0.490 e. The zero-order chi connectivity index (χ0) is 28.7. The van der Waals surface area contributed by atoms with Gasteiger partial charge in [0.15, 0.2) is 11.6 Å². The molecule has 15 heteroatoms. The van der Waals surface area contributed by atoms with E-state index in [1.807, 2.05) is 11.8 Å². The van der Waals surface area contributed by atoms with Crippen molar-refractivity contribution in [2.45, 2.75) is 38.9 Å². The minimum absolute atomic E-state index is 0.0412. The molecule has 0 unspecified atom stereocenters. The van der Waals surface area contributed by atoms with E-state index in [1.165, 1.54) is 17.2 Å². The number of pyridine rings is 2. The molecule has 0 aromatic carbocycles. The lowest BCUT2D eigenvalue weighted by Gasteiger charge is -2.41. The number of alkyl halides is 3. The van der Waals surface area contributed by atoms with Crippen LogP contribution in [0.3, 0.4) is 0 Å². The highest BCUT2D eigenvalue weighted by Crippen LogP contribution is 2.37. The smallest absolute Gasteiger partial charge is 0.475 e. The number of carboxylic acid groups (broad SMARTS) is 1. The number of nitrogens with one attached hydrogen (secondary N) is 2. The van der Waals surface area contributed by atoms with Gasteiger partial charge in [0.25, 0.3) is 0 Å². The first-order valence-electron chi connectivity index (χ1n) is 11.9. The Morgan fingerprint density at radius 3 is 2.49 bits per heavy atom. The van der Waals surface area contributed by atoms with Crippen LogP contribution in [0.25, 0.3) is 5.65 Å². The average molecular weight is 556 g/mol. The van der Waals surface area contributed by atoms with Gasteiger partial charge in [-0.3, -0.25) is 4.90 Å². The highest BCUT2D eigenvalue weighted by molar-refractivity contribution is 6.03. The molecule has 2 amide bonds. The minimum atomic E-state index is -5.08. The fourth-order valence-electron chi connectivity index (χ4n) is 4.58. The number of hydrogen-bond donors (Lipinski definition) is 3. The van der Waals surface area contributed by atoms with Crippen LogP contribution in [-0.2, 0) is 11.2 Å². The Balaban J connectivity index is 0.000000448. The van der Waals surface area contributed by atoms with E-state index in [2.05, 4.69) is 34.4 Å². The number of imidazole rings is 1. The van der Waals surface area contributed by atoms with Gasteiger partial charge in [-0.25, -0.2) is 28.3 Å². The number of carbonyl (C=O) groups excluding carboxylic acids is 1. The third-order valence-electron chi connectivity index (χ3n) is 6.20. The van der Waals surface area contributed by atoms with Gasteiger partial charge >= 0.3 is 18.2 Å². The van der Waals surface area contributed by atoms with Crippen LogP contribution in [0, 0.1) is 18.6 Å². The Morgan fingerprint density at radius 2 is 1.85 bits per heavy atom. The van der Waals surface area contributed by atoms with Crippen molar-refractivity contribution in [1.29, 1.82) is 0 Å². The summed E-state index contributed by atoms with van der Waals surface area (Å²) in [6.07, 6.45) is -0.196. The van der Waals surface area contributed by atoms with E-state index in [1.54, 1.807) is 10.6 Å². The number of carbonyl (C=O) groups is 2. The van der Waals surface area contributed by atoms with Gasteiger partial charge in [-0.15, -0.1) is 0 Å². The number of aromatic nitrogens is 3. The second kappa shape index (κ2) is 10.3. The van der Waals surface area contributed by atoms with Gasteiger partial charge in [-0.2, -0.15) is 13.2 Å². The van der Waals surface area contributed by atoms with Crippen molar-refractivity contribution >= 4 is 34.8 Å². The van der Waals surface area contributed by atoms with Crippen LogP contribution in [0.2, 0.25) is 0 Å². The second-order valence-electron chi connectivity index (χ2n) is 9.81.